The summed E-state index contributed by atoms with van der Waals surface area (Å²) >= 11 is 3.25. The highest BCUT2D eigenvalue weighted by Gasteiger charge is 2.32. The molecule has 0 aliphatic carbocycles. The Hall–Kier alpha value is -0.590. The molecule has 4 nitrogen and oxygen atoms in total. The molecule has 6 heteroatoms. The molecule has 88 valence electrons. The Morgan fingerprint density at radius 2 is 2.19 bits per heavy atom. The minimum absolute atomic E-state index is 0.192. The quantitative estimate of drug-likeness (QED) is 0.843. The van der Waals surface area contributed by atoms with Gasteiger partial charge in [0.2, 0.25) is 0 Å². The van der Waals surface area contributed by atoms with E-state index in [1.807, 2.05) is 0 Å². The van der Waals surface area contributed by atoms with Crippen LogP contribution in [0.25, 0.3) is 0 Å². The third-order valence-corrected chi connectivity index (χ3v) is 5.32. The maximum absolute atomic E-state index is 12.2. The molecule has 2 N–H and O–H groups in total. The number of nitrogen functional groups attached to an aromatic ring is 1. The molecule has 1 heterocycles. The van der Waals surface area contributed by atoms with Crippen LogP contribution in [-0.2, 0) is 14.6 Å². The van der Waals surface area contributed by atoms with Gasteiger partial charge >= 0.3 is 0 Å². The average molecular weight is 306 g/mol. The number of benzene rings is 1. The van der Waals surface area contributed by atoms with Crippen molar-refractivity contribution in [1.82, 2.24) is 0 Å². The van der Waals surface area contributed by atoms with Gasteiger partial charge in [-0.1, -0.05) is 15.9 Å². The maximum atomic E-state index is 12.2. The van der Waals surface area contributed by atoms with Gasteiger partial charge in [0.05, 0.1) is 22.4 Å². The maximum Gasteiger partial charge on any atom is 0.185 e. The van der Waals surface area contributed by atoms with Crippen LogP contribution in [0.5, 0.6) is 0 Å². The summed E-state index contributed by atoms with van der Waals surface area (Å²) in [6.07, 6.45) is 0.536. The Morgan fingerprint density at radius 3 is 2.81 bits per heavy atom. The van der Waals surface area contributed by atoms with E-state index in [-0.39, 0.29) is 17.2 Å². The predicted molar refractivity (Wildman–Crippen MR) is 65.0 cm³/mol. The van der Waals surface area contributed by atoms with E-state index in [9.17, 15) is 8.42 Å². The molecule has 2 rings (SSSR count). The number of rotatable bonds is 2. The van der Waals surface area contributed by atoms with Crippen LogP contribution in [0, 0.1) is 0 Å². The lowest BCUT2D eigenvalue weighted by atomic mass is 10.3. The van der Waals surface area contributed by atoms with Crippen molar-refractivity contribution in [1.29, 1.82) is 0 Å². The molecule has 0 amide bonds. The van der Waals surface area contributed by atoms with Crippen molar-refractivity contribution >= 4 is 31.5 Å². The van der Waals surface area contributed by atoms with Crippen molar-refractivity contribution in [3.63, 3.8) is 0 Å². The second kappa shape index (κ2) is 4.35. The van der Waals surface area contributed by atoms with Gasteiger partial charge in [-0.15, -0.1) is 0 Å². The summed E-state index contributed by atoms with van der Waals surface area (Å²) in [6, 6.07) is 4.86. The molecule has 1 aliphatic heterocycles. The van der Waals surface area contributed by atoms with E-state index in [1.165, 1.54) is 0 Å². The molecular weight excluding hydrogens is 294 g/mol. The van der Waals surface area contributed by atoms with Crippen LogP contribution in [0.2, 0.25) is 0 Å². The van der Waals surface area contributed by atoms with Crippen LogP contribution in [-0.4, -0.2) is 26.9 Å². The van der Waals surface area contributed by atoms with Gasteiger partial charge in [0.1, 0.15) is 0 Å². The largest absolute Gasteiger partial charge is 0.398 e. The molecular formula is C10H12BrNO3S. The van der Waals surface area contributed by atoms with Gasteiger partial charge in [-0.25, -0.2) is 8.42 Å². The van der Waals surface area contributed by atoms with Gasteiger partial charge in [-0.2, -0.15) is 0 Å². The first-order chi connectivity index (χ1) is 7.51. The van der Waals surface area contributed by atoms with E-state index in [4.69, 9.17) is 10.5 Å². The van der Waals surface area contributed by atoms with Crippen LogP contribution in [0.3, 0.4) is 0 Å². The Kier molecular flexibility index (Phi) is 3.23. The van der Waals surface area contributed by atoms with Crippen molar-refractivity contribution in [3.8, 4) is 0 Å². The highest BCUT2D eigenvalue weighted by Crippen LogP contribution is 2.29. The number of ether oxygens (including phenoxy) is 1. The SMILES string of the molecule is Nc1ccc(Br)cc1S(=O)(=O)C1CCOC1. The van der Waals surface area contributed by atoms with Gasteiger partial charge in [-0.3, -0.25) is 0 Å². The normalized spacial score (nSPS) is 21.2. The van der Waals surface area contributed by atoms with Crippen molar-refractivity contribution in [2.75, 3.05) is 18.9 Å². The zero-order chi connectivity index (χ0) is 11.8. The molecule has 0 saturated carbocycles. The van der Waals surface area contributed by atoms with Gasteiger partial charge in [-0.05, 0) is 24.6 Å². The zero-order valence-corrected chi connectivity index (χ0v) is 10.9. The fourth-order valence-corrected chi connectivity index (χ4v) is 3.93. The second-order valence-corrected chi connectivity index (χ2v) is 6.82. The fourth-order valence-electron chi connectivity index (χ4n) is 1.69. The summed E-state index contributed by atoms with van der Waals surface area (Å²) < 4.78 is 30.3. The standard InChI is InChI=1S/C10H12BrNO3S/c11-7-1-2-9(12)10(5-7)16(13,14)8-3-4-15-6-8/h1-2,5,8H,3-4,6,12H2. The Labute approximate surface area is 103 Å². The Morgan fingerprint density at radius 1 is 1.44 bits per heavy atom. The third-order valence-electron chi connectivity index (χ3n) is 2.61. The minimum Gasteiger partial charge on any atom is -0.398 e. The average Bonchev–Trinajstić information content (AvgIpc) is 2.75. The topological polar surface area (TPSA) is 69.4 Å². The lowest BCUT2D eigenvalue weighted by molar-refractivity contribution is 0.198. The summed E-state index contributed by atoms with van der Waals surface area (Å²) in [7, 11) is -3.37. The van der Waals surface area contributed by atoms with Crippen LogP contribution in [0.1, 0.15) is 6.42 Å². The Balaban J connectivity index is 2.46. The summed E-state index contributed by atoms with van der Waals surface area (Å²) in [4.78, 5) is 0.192. The van der Waals surface area contributed by atoms with Crippen LogP contribution in [0.15, 0.2) is 27.6 Å². The molecule has 1 aromatic carbocycles. The molecule has 16 heavy (non-hydrogen) atoms. The second-order valence-electron chi connectivity index (χ2n) is 3.71. The highest BCUT2D eigenvalue weighted by atomic mass is 79.9. The molecule has 1 saturated heterocycles. The summed E-state index contributed by atoms with van der Waals surface area (Å²) in [5.74, 6) is 0. The first-order valence-electron chi connectivity index (χ1n) is 4.88. The van der Waals surface area contributed by atoms with Crippen molar-refractivity contribution in [2.45, 2.75) is 16.6 Å². The van der Waals surface area contributed by atoms with Gasteiger partial charge in [0.15, 0.2) is 9.84 Å². The molecule has 1 fully saturated rings. The predicted octanol–water partition coefficient (Wildman–Crippen LogP) is 1.59. The minimum atomic E-state index is -3.37. The van der Waals surface area contributed by atoms with Gasteiger partial charge in [0.25, 0.3) is 0 Å². The molecule has 1 aliphatic rings. The van der Waals surface area contributed by atoms with Crippen LogP contribution in [0.4, 0.5) is 5.69 Å². The number of hydrogen-bond acceptors (Lipinski definition) is 4. The molecule has 1 unspecified atom stereocenters. The number of nitrogens with two attached hydrogens (primary N) is 1. The fraction of sp³-hybridized carbons (Fsp3) is 0.400. The van der Waals surface area contributed by atoms with Crippen LogP contribution >= 0.6 is 15.9 Å². The van der Waals surface area contributed by atoms with Crippen LogP contribution < -0.4 is 5.73 Å². The zero-order valence-electron chi connectivity index (χ0n) is 8.52. The Bertz CT molecular complexity index is 495. The van der Waals surface area contributed by atoms with E-state index >= 15 is 0 Å². The lowest BCUT2D eigenvalue weighted by Gasteiger charge is -2.12. The molecule has 1 atom stereocenters. The van der Waals surface area contributed by atoms with Gasteiger partial charge < -0.3 is 10.5 Å². The van der Waals surface area contributed by atoms with E-state index in [2.05, 4.69) is 15.9 Å². The summed E-state index contributed by atoms with van der Waals surface area (Å²) in [5, 5.41) is -0.468. The number of sulfone groups is 1. The molecule has 0 aromatic heterocycles. The lowest BCUT2D eigenvalue weighted by Crippen LogP contribution is -2.22. The van der Waals surface area contributed by atoms with Gasteiger partial charge in [0, 0.05) is 11.1 Å². The van der Waals surface area contributed by atoms with Crippen molar-refractivity contribution < 1.29 is 13.2 Å². The monoisotopic (exact) mass is 305 g/mol. The first kappa shape index (κ1) is 11.9. The molecule has 1 aromatic rings. The molecule has 0 spiro atoms. The van der Waals surface area contributed by atoms with E-state index in [0.717, 1.165) is 0 Å². The summed E-state index contributed by atoms with van der Waals surface area (Å²) in [6.45, 7) is 0.756. The number of hydrogen-bond donors (Lipinski definition) is 1. The number of halogens is 1. The molecule has 0 bridgehead atoms. The van der Waals surface area contributed by atoms with E-state index < -0.39 is 15.1 Å². The third kappa shape index (κ3) is 2.09. The van der Waals surface area contributed by atoms with E-state index in [1.54, 1.807) is 18.2 Å². The summed E-state index contributed by atoms with van der Waals surface area (Å²) in [5.41, 5.74) is 5.99. The smallest absolute Gasteiger partial charge is 0.185 e. The van der Waals surface area contributed by atoms with E-state index in [0.29, 0.717) is 17.5 Å². The molecule has 0 radical (unpaired) electrons. The first-order valence-corrected chi connectivity index (χ1v) is 7.22. The highest BCUT2D eigenvalue weighted by molar-refractivity contribution is 9.10. The van der Waals surface area contributed by atoms with Crippen molar-refractivity contribution in [2.24, 2.45) is 0 Å². The van der Waals surface area contributed by atoms with Crippen molar-refractivity contribution in [3.05, 3.63) is 22.7 Å². The number of anilines is 1.